The molecular formula is C15H30N2O. The maximum atomic E-state index is 11.8. The number of nitrogens with two attached hydrogens (primary N) is 1. The Morgan fingerprint density at radius 2 is 1.83 bits per heavy atom. The lowest BCUT2D eigenvalue weighted by Gasteiger charge is -2.23. The molecule has 1 amide bonds. The number of carbonyl (C=O) groups is 1. The minimum atomic E-state index is 0.226. The predicted molar refractivity (Wildman–Crippen MR) is 76.3 cm³/mol. The smallest absolute Gasteiger partial charge is 0.220 e. The standard InChI is InChI=1S/C15H30N2O/c1-13(14-9-5-2-3-6-10-14)17-15(18)11-7-4-8-12-16/h13-14H,2-12,16H2,1H3,(H,17,18)/t13-/m1/s1. The second-order valence-electron chi connectivity index (χ2n) is 5.71. The maximum absolute atomic E-state index is 11.8. The first-order valence-corrected chi connectivity index (χ1v) is 7.73. The largest absolute Gasteiger partial charge is 0.353 e. The minimum Gasteiger partial charge on any atom is -0.353 e. The Bertz CT molecular complexity index is 223. The fourth-order valence-corrected chi connectivity index (χ4v) is 2.86. The highest BCUT2D eigenvalue weighted by Crippen LogP contribution is 2.25. The van der Waals surface area contributed by atoms with Crippen molar-refractivity contribution in [3.63, 3.8) is 0 Å². The van der Waals surface area contributed by atoms with E-state index in [9.17, 15) is 4.79 Å². The molecule has 1 aliphatic rings. The molecular weight excluding hydrogens is 224 g/mol. The van der Waals surface area contributed by atoms with Gasteiger partial charge in [-0.25, -0.2) is 0 Å². The lowest BCUT2D eigenvalue weighted by atomic mass is 9.93. The summed E-state index contributed by atoms with van der Waals surface area (Å²) in [4.78, 5) is 11.8. The molecule has 18 heavy (non-hydrogen) atoms. The molecule has 0 heterocycles. The normalized spacial score (nSPS) is 19.2. The van der Waals surface area contributed by atoms with Crippen molar-refractivity contribution in [2.24, 2.45) is 11.7 Å². The van der Waals surface area contributed by atoms with Gasteiger partial charge in [0.2, 0.25) is 5.91 Å². The number of carbonyl (C=O) groups excluding carboxylic acids is 1. The van der Waals surface area contributed by atoms with Crippen molar-refractivity contribution in [1.29, 1.82) is 0 Å². The first-order valence-electron chi connectivity index (χ1n) is 7.73. The van der Waals surface area contributed by atoms with E-state index < -0.39 is 0 Å². The second-order valence-corrected chi connectivity index (χ2v) is 5.71. The van der Waals surface area contributed by atoms with Gasteiger partial charge in [0.25, 0.3) is 0 Å². The van der Waals surface area contributed by atoms with E-state index in [2.05, 4.69) is 12.2 Å². The fraction of sp³-hybridized carbons (Fsp3) is 0.933. The van der Waals surface area contributed by atoms with Gasteiger partial charge >= 0.3 is 0 Å². The number of nitrogens with one attached hydrogen (secondary N) is 1. The molecule has 0 aromatic heterocycles. The van der Waals surface area contributed by atoms with Crippen LogP contribution < -0.4 is 11.1 Å². The van der Waals surface area contributed by atoms with Crippen LogP contribution in [0.15, 0.2) is 0 Å². The van der Waals surface area contributed by atoms with Crippen LogP contribution in [0.5, 0.6) is 0 Å². The lowest BCUT2D eigenvalue weighted by molar-refractivity contribution is -0.122. The zero-order valence-corrected chi connectivity index (χ0v) is 11.9. The maximum Gasteiger partial charge on any atom is 0.220 e. The Labute approximate surface area is 112 Å². The molecule has 1 atom stereocenters. The lowest BCUT2D eigenvalue weighted by Crippen LogP contribution is -2.37. The van der Waals surface area contributed by atoms with Crippen molar-refractivity contribution in [3.8, 4) is 0 Å². The Hall–Kier alpha value is -0.570. The van der Waals surface area contributed by atoms with Crippen LogP contribution in [-0.4, -0.2) is 18.5 Å². The summed E-state index contributed by atoms with van der Waals surface area (Å²) in [5.41, 5.74) is 5.44. The average Bonchev–Trinajstić information content (AvgIpc) is 2.63. The van der Waals surface area contributed by atoms with Gasteiger partial charge in [-0.1, -0.05) is 32.1 Å². The highest BCUT2D eigenvalue weighted by molar-refractivity contribution is 5.76. The molecule has 0 radical (unpaired) electrons. The summed E-state index contributed by atoms with van der Waals surface area (Å²) in [6.45, 7) is 2.91. The Balaban J connectivity index is 2.16. The van der Waals surface area contributed by atoms with Crippen LogP contribution in [0.4, 0.5) is 0 Å². The van der Waals surface area contributed by atoms with Crippen LogP contribution in [0.25, 0.3) is 0 Å². The van der Waals surface area contributed by atoms with Crippen molar-refractivity contribution in [2.45, 2.75) is 77.2 Å². The molecule has 0 bridgehead atoms. The van der Waals surface area contributed by atoms with Crippen LogP contribution in [-0.2, 0) is 4.79 Å². The fourth-order valence-electron chi connectivity index (χ4n) is 2.86. The van der Waals surface area contributed by atoms with Gasteiger partial charge in [0.15, 0.2) is 0 Å². The van der Waals surface area contributed by atoms with Gasteiger partial charge in [-0.05, 0) is 45.1 Å². The molecule has 0 aromatic carbocycles. The van der Waals surface area contributed by atoms with Crippen LogP contribution >= 0.6 is 0 Å². The number of hydrogen-bond donors (Lipinski definition) is 2. The SMILES string of the molecule is C[C@@H](NC(=O)CCCCCN)C1CCCCCC1. The van der Waals surface area contributed by atoms with Crippen molar-refractivity contribution >= 4 is 5.91 Å². The third-order valence-corrected chi connectivity index (χ3v) is 4.10. The number of rotatable bonds is 7. The van der Waals surface area contributed by atoms with Gasteiger partial charge < -0.3 is 11.1 Å². The average molecular weight is 254 g/mol. The zero-order valence-electron chi connectivity index (χ0n) is 11.9. The van der Waals surface area contributed by atoms with Gasteiger partial charge in [-0.15, -0.1) is 0 Å². The van der Waals surface area contributed by atoms with E-state index >= 15 is 0 Å². The molecule has 0 saturated heterocycles. The van der Waals surface area contributed by atoms with Crippen molar-refractivity contribution in [3.05, 3.63) is 0 Å². The predicted octanol–water partition coefficient (Wildman–Crippen LogP) is 2.98. The molecule has 0 aliphatic heterocycles. The van der Waals surface area contributed by atoms with Gasteiger partial charge in [0.1, 0.15) is 0 Å². The molecule has 0 aromatic rings. The molecule has 0 spiro atoms. The summed E-state index contributed by atoms with van der Waals surface area (Å²) in [6, 6.07) is 0.352. The molecule has 3 nitrogen and oxygen atoms in total. The molecule has 106 valence electrons. The van der Waals surface area contributed by atoms with Crippen molar-refractivity contribution in [2.75, 3.05) is 6.54 Å². The minimum absolute atomic E-state index is 0.226. The van der Waals surface area contributed by atoms with E-state index in [1.807, 2.05) is 0 Å². The Morgan fingerprint density at radius 3 is 2.44 bits per heavy atom. The molecule has 3 N–H and O–H groups in total. The summed E-state index contributed by atoms with van der Waals surface area (Å²) in [6.07, 6.45) is 11.7. The highest BCUT2D eigenvalue weighted by Gasteiger charge is 2.20. The number of amides is 1. The van der Waals surface area contributed by atoms with Crippen molar-refractivity contribution in [1.82, 2.24) is 5.32 Å². The van der Waals surface area contributed by atoms with Gasteiger partial charge in [0, 0.05) is 12.5 Å². The van der Waals surface area contributed by atoms with Gasteiger partial charge in [-0.3, -0.25) is 4.79 Å². The number of unbranched alkanes of at least 4 members (excludes halogenated alkanes) is 2. The van der Waals surface area contributed by atoms with Crippen molar-refractivity contribution < 1.29 is 4.79 Å². The molecule has 1 fully saturated rings. The van der Waals surface area contributed by atoms with Gasteiger partial charge in [0.05, 0.1) is 0 Å². The third kappa shape index (κ3) is 6.39. The Morgan fingerprint density at radius 1 is 1.17 bits per heavy atom. The topological polar surface area (TPSA) is 55.1 Å². The van der Waals surface area contributed by atoms with Crippen LogP contribution in [0.3, 0.4) is 0 Å². The summed E-state index contributed by atoms with van der Waals surface area (Å²) < 4.78 is 0. The van der Waals surface area contributed by atoms with E-state index in [0.29, 0.717) is 18.4 Å². The monoisotopic (exact) mass is 254 g/mol. The first kappa shape index (κ1) is 15.5. The summed E-state index contributed by atoms with van der Waals surface area (Å²) in [5.74, 6) is 0.921. The van der Waals surface area contributed by atoms with Gasteiger partial charge in [-0.2, -0.15) is 0 Å². The molecule has 1 aliphatic carbocycles. The van der Waals surface area contributed by atoms with E-state index in [-0.39, 0.29) is 5.91 Å². The quantitative estimate of drug-likeness (QED) is 0.542. The van der Waals surface area contributed by atoms with E-state index in [1.165, 1.54) is 38.5 Å². The molecule has 3 heteroatoms. The van der Waals surface area contributed by atoms with E-state index in [0.717, 1.165) is 25.8 Å². The third-order valence-electron chi connectivity index (χ3n) is 4.10. The second kappa shape index (κ2) is 9.37. The van der Waals surface area contributed by atoms with Crippen LogP contribution in [0.1, 0.15) is 71.1 Å². The number of hydrogen-bond acceptors (Lipinski definition) is 2. The molecule has 1 rings (SSSR count). The zero-order chi connectivity index (χ0) is 13.2. The van der Waals surface area contributed by atoms with E-state index in [4.69, 9.17) is 5.73 Å². The van der Waals surface area contributed by atoms with Crippen LogP contribution in [0.2, 0.25) is 0 Å². The Kier molecular flexibility index (Phi) is 8.06. The summed E-state index contributed by atoms with van der Waals surface area (Å²) in [7, 11) is 0. The van der Waals surface area contributed by atoms with E-state index in [1.54, 1.807) is 0 Å². The van der Waals surface area contributed by atoms with Crippen LogP contribution in [0, 0.1) is 5.92 Å². The summed E-state index contributed by atoms with van der Waals surface area (Å²) in [5, 5.41) is 3.18. The highest BCUT2D eigenvalue weighted by atomic mass is 16.1. The first-order chi connectivity index (χ1) is 8.74. The summed E-state index contributed by atoms with van der Waals surface area (Å²) >= 11 is 0. The molecule has 1 saturated carbocycles. The molecule has 0 unspecified atom stereocenters.